The Hall–Kier alpha value is -3.30. The molecule has 0 fully saturated rings. The standard InChI is InChI=1S/C29H30N2O2.CH4O3S/c32-26(19-18-23-11-10-20-30-22-23)15-6-1-2-7-17-29(33)31-27-16-9-8-14-25(27)21-28(31)24-12-4-3-5-13-24;1-3-4-5-2/h3-5,8-14,16,18-20,22,28H,1-2,6-7,15,17,21H2;2H,1H3/b19-18+;. The lowest BCUT2D eigenvalue weighted by molar-refractivity contribution is -0.378. The zero-order valence-electron chi connectivity index (χ0n) is 21.6. The maximum atomic E-state index is 13.2. The van der Waals surface area contributed by atoms with Crippen molar-refractivity contribution in [2.75, 3.05) is 12.0 Å². The van der Waals surface area contributed by atoms with Gasteiger partial charge in [0.2, 0.25) is 5.91 Å². The smallest absolute Gasteiger partial charge is 0.227 e. The van der Waals surface area contributed by atoms with E-state index in [-0.39, 0.29) is 30.1 Å². The molecular formula is C30H34N2O5S. The normalized spacial score (nSPS) is 14.2. The molecule has 8 heteroatoms. The number of carbonyl (C=O) groups is 2. The van der Waals surface area contributed by atoms with Crippen LogP contribution < -0.4 is 9.88 Å². The van der Waals surface area contributed by atoms with Gasteiger partial charge in [0.05, 0.1) is 13.2 Å². The molecule has 1 aromatic heterocycles. The largest absolute Gasteiger partial charge is 0.774 e. The monoisotopic (exact) mass is 534 g/mol. The number of fused-ring (bicyclic) bond motifs is 1. The number of hydrogen-bond donors (Lipinski definition) is 0. The van der Waals surface area contributed by atoms with Gasteiger partial charge >= 0.3 is 0 Å². The summed E-state index contributed by atoms with van der Waals surface area (Å²) in [5, 5.41) is 0. The van der Waals surface area contributed by atoms with E-state index in [1.54, 1.807) is 6.08 Å². The Labute approximate surface area is 228 Å². The van der Waals surface area contributed by atoms with E-state index in [1.165, 1.54) is 18.2 Å². The number of para-hydroxylation sites is 1. The summed E-state index contributed by atoms with van der Waals surface area (Å²) in [6.07, 6.45) is 12.8. The number of rotatable bonds is 12. The minimum absolute atomic E-state index is 0.0706. The van der Waals surface area contributed by atoms with Crippen molar-refractivity contribution in [3.05, 3.63) is 102 Å². The Morgan fingerprint density at radius 1 is 1.00 bits per heavy atom. The fourth-order valence-corrected chi connectivity index (χ4v) is 4.55. The van der Waals surface area contributed by atoms with Gasteiger partial charge in [0.25, 0.3) is 0 Å². The van der Waals surface area contributed by atoms with Gasteiger partial charge in [-0.25, -0.2) is 9.87 Å². The van der Waals surface area contributed by atoms with Crippen molar-refractivity contribution in [2.45, 2.75) is 51.0 Å². The van der Waals surface area contributed by atoms with Gasteiger partial charge in [0.15, 0.2) is 18.2 Å². The summed E-state index contributed by atoms with van der Waals surface area (Å²) in [4.78, 5) is 34.1. The number of H-pyrrole nitrogens is 1. The van der Waals surface area contributed by atoms with Crippen LogP contribution in [0.3, 0.4) is 0 Å². The Bertz CT molecular complexity index is 1160. The van der Waals surface area contributed by atoms with E-state index in [4.69, 9.17) is 4.55 Å². The number of nitrogens with zero attached hydrogens (tertiary/aromatic N) is 1. The van der Waals surface area contributed by atoms with E-state index in [1.807, 2.05) is 65.8 Å². The summed E-state index contributed by atoms with van der Waals surface area (Å²) in [6, 6.07) is 22.5. The molecule has 2 aromatic carbocycles. The molecule has 4 rings (SSSR count). The number of benzene rings is 2. The second-order valence-corrected chi connectivity index (χ2v) is 9.15. The molecule has 1 aliphatic rings. The summed E-state index contributed by atoms with van der Waals surface area (Å²) in [7, 11) is 1.27. The van der Waals surface area contributed by atoms with Crippen molar-refractivity contribution >= 4 is 35.8 Å². The fourth-order valence-electron chi connectivity index (χ4n) is 4.50. The van der Waals surface area contributed by atoms with Gasteiger partial charge in [-0.2, -0.15) is 4.33 Å². The predicted octanol–water partition coefficient (Wildman–Crippen LogP) is 6.10. The van der Waals surface area contributed by atoms with E-state index in [9.17, 15) is 9.59 Å². The van der Waals surface area contributed by atoms with Gasteiger partial charge in [-0.3, -0.25) is 9.59 Å². The molecule has 1 N–H and O–H groups in total. The average Bonchev–Trinajstić information content (AvgIpc) is 3.35. The quantitative estimate of drug-likeness (QED) is 0.0917. The first kappa shape index (κ1) is 29.3. The van der Waals surface area contributed by atoms with Crippen molar-refractivity contribution in [1.29, 1.82) is 0 Å². The summed E-state index contributed by atoms with van der Waals surface area (Å²) in [5.41, 5.74) is 4.45. The van der Waals surface area contributed by atoms with Gasteiger partial charge < -0.3 is 9.45 Å². The molecule has 0 saturated heterocycles. The van der Waals surface area contributed by atoms with E-state index in [0.717, 1.165) is 43.4 Å². The SMILES string of the molecule is COOS[O-].O=C(/C=C/c1ccc[nH+]c1)CCCCCCC(=O)N1c2ccccc2CC1c1ccccc1. The number of aromatic nitrogens is 1. The molecule has 3 aromatic rings. The van der Waals surface area contributed by atoms with Crippen LogP contribution in [0.4, 0.5) is 5.69 Å². The maximum Gasteiger partial charge on any atom is 0.227 e. The second kappa shape index (κ2) is 16.5. The minimum Gasteiger partial charge on any atom is -0.774 e. The molecule has 0 aliphatic carbocycles. The number of unbranched alkanes of at least 4 members (excludes halogenated alkanes) is 3. The number of allylic oxidation sites excluding steroid dienone is 1. The summed E-state index contributed by atoms with van der Waals surface area (Å²) < 4.78 is 12.8. The number of hydrogen-bond acceptors (Lipinski definition) is 6. The van der Waals surface area contributed by atoms with Crippen LogP contribution >= 0.6 is 12.3 Å². The third-order valence-electron chi connectivity index (χ3n) is 6.28. The molecule has 7 nitrogen and oxygen atoms in total. The molecule has 0 saturated carbocycles. The van der Waals surface area contributed by atoms with E-state index in [2.05, 4.69) is 38.5 Å². The number of amides is 1. The molecule has 1 aliphatic heterocycles. The first-order chi connectivity index (χ1) is 18.6. The number of anilines is 1. The molecule has 1 unspecified atom stereocenters. The highest BCUT2D eigenvalue weighted by atomic mass is 32.2. The Balaban J connectivity index is 0.000000732. The molecule has 38 heavy (non-hydrogen) atoms. The van der Waals surface area contributed by atoms with Gasteiger partial charge in [0, 0.05) is 30.2 Å². The Morgan fingerprint density at radius 3 is 2.42 bits per heavy atom. The van der Waals surface area contributed by atoms with E-state index in [0.29, 0.717) is 12.8 Å². The molecular weight excluding hydrogens is 500 g/mol. The lowest BCUT2D eigenvalue weighted by Gasteiger charge is -2.26. The zero-order valence-corrected chi connectivity index (χ0v) is 22.4. The number of pyridine rings is 1. The lowest BCUT2D eigenvalue weighted by atomic mass is 10.0. The van der Waals surface area contributed by atoms with Crippen LogP contribution in [0.15, 0.2) is 85.2 Å². The van der Waals surface area contributed by atoms with Gasteiger partial charge in [-0.05, 0) is 54.7 Å². The molecule has 1 atom stereocenters. The summed E-state index contributed by atoms with van der Waals surface area (Å²) in [6.45, 7) is 0. The Kier molecular flexibility index (Phi) is 12.7. The molecule has 0 spiro atoms. The predicted molar refractivity (Wildman–Crippen MR) is 148 cm³/mol. The summed E-state index contributed by atoms with van der Waals surface area (Å²) in [5.74, 6) is 0.335. The molecule has 200 valence electrons. The lowest BCUT2D eigenvalue weighted by Crippen LogP contribution is -2.31. The van der Waals surface area contributed by atoms with Crippen LogP contribution in [0.2, 0.25) is 0 Å². The highest BCUT2D eigenvalue weighted by Crippen LogP contribution is 2.40. The maximum absolute atomic E-state index is 13.2. The highest BCUT2D eigenvalue weighted by molar-refractivity contribution is 7.88. The van der Waals surface area contributed by atoms with Crippen molar-refractivity contribution < 1.29 is 28.3 Å². The number of aromatic amines is 1. The van der Waals surface area contributed by atoms with Crippen LogP contribution in [0, 0.1) is 0 Å². The van der Waals surface area contributed by atoms with Gasteiger partial charge in [-0.1, -0.05) is 73.7 Å². The first-order valence-electron chi connectivity index (χ1n) is 12.7. The van der Waals surface area contributed by atoms with Gasteiger partial charge in [-0.15, -0.1) is 0 Å². The number of carbonyl (C=O) groups excluding carboxylic acids is 2. The van der Waals surface area contributed by atoms with Crippen LogP contribution in [0.25, 0.3) is 6.08 Å². The number of nitrogens with one attached hydrogen (secondary N) is 1. The molecule has 0 radical (unpaired) electrons. The van der Waals surface area contributed by atoms with Crippen molar-refractivity contribution in [3.63, 3.8) is 0 Å². The zero-order chi connectivity index (χ0) is 27.0. The Morgan fingerprint density at radius 2 is 1.74 bits per heavy atom. The summed E-state index contributed by atoms with van der Waals surface area (Å²) >= 11 is -0.0706. The van der Waals surface area contributed by atoms with Crippen LogP contribution in [0.5, 0.6) is 0 Å². The highest BCUT2D eigenvalue weighted by Gasteiger charge is 2.33. The average molecular weight is 535 g/mol. The van der Waals surface area contributed by atoms with Crippen molar-refractivity contribution in [2.24, 2.45) is 0 Å². The van der Waals surface area contributed by atoms with Gasteiger partial charge in [0.1, 0.15) is 0 Å². The molecule has 2 heterocycles. The van der Waals surface area contributed by atoms with Crippen LogP contribution in [-0.2, 0) is 25.2 Å². The fraction of sp³-hybridized carbons (Fsp3) is 0.300. The minimum atomic E-state index is -0.0706. The molecule has 1 amide bonds. The molecule has 0 bridgehead atoms. The topological polar surface area (TPSA) is 93.0 Å². The van der Waals surface area contributed by atoms with E-state index < -0.39 is 0 Å². The van der Waals surface area contributed by atoms with Crippen LogP contribution in [0.1, 0.15) is 61.3 Å². The first-order valence-corrected chi connectivity index (χ1v) is 13.4. The second-order valence-electron chi connectivity index (χ2n) is 8.88. The van der Waals surface area contributed by atoms with Crippen molar-refractivity contribution in [3.8, 4) is 0 Å². The van der Waals surface area contributed by atoms with Crippen molar-refractivity contribution in [1.82, 2.24) is 0 Å². The van der Waals surface area contributed by atoms with E-state index >= 15 is 0 Å². The third kappa shape index (κ3) is 9.22. The third-order valence-corrected chi connectivity index (χ3v) is 6.47. The van der Waals surface area contributed by atoms with Crippen LogP contribution in [-0.4, -0.2) is 23.4 Å². The number of ketones is 1.